The molecular weight excluding hydrogens is 560 g/mol. The molecule has 2 N–H and O–H groups in total. The van der Waals surface area contributed by atoms with E-state index in [2.05, 4.69) is 144 Å². The van der Waals surface area contributed by atoms with Gasteiger partial charge >= 0.3 is 0 Å². The van der Waals surface area contributed by atoms with Crippen molar-refractivity contribution in [1.29, 1.82) is 0 Å². The summed E-state index contributed by atoms with van der Waals surface area (Å²) in [5.74, 6) is 0. The van der Waals surface area contributed by atoms with E-state index in [9.17, 15) is 0 Å². The zero-order chi connectivity index (χ0) is 31.3. The third kappa shape index (κ3) is 5.76. The monoisotopic (exact) mass is 594 g/mol. The van der Waals surface area contributed by atoms with E-state index in [4.69, 9.17) is 9.97 Å². The normalized spacial score (nSPS) is 11.2. The lowest BCUT2D eigenvalue weighted by atomic mass is 9.96. The Hall–Kier alpha value is -6.00. The zero-order valence-electron chi connectivity index (χ0n) is 25.9. The SMILES string of the molecule is CNc1ccc(-c2c3ccccc3nc3ccccc23)cc1.CNc1ccc(/C=C/c2c3ccccc3nc3ccccc23)cc1. The second kappa shape index (κ2) is 12.9. The smallest absolute Gasteiger partial charge is 0.0715 e. The highest BCUT2D eigenvalue weighted by Crippen LogP contribution is 2.35. The van der Waals surface area contributed by atoms with Crippen LogP contribution in [0.1, 0.15) is 11.1 Å². The van der Waals surface area contributed by atoms with Crippen molar-refractivity contribution < 1.29 is 0 Å². The summed E-state index contributed by atoms with van der Waals surface area (Å²) in [7, 11) is 3.87. The highest BCUT2D eigenvalue weighted by Gasteiger charge is 2.10. The Labute approximate surface area is 269 Å². The van der Waals surface area contributed by atoms with Crippen molar-refractivity contribution in [3.63, 3.8) is 0 Å². The van der Waals surface area contributed by atoms with Gasteiger partial charge in [-0.1, -0.05) is 109 Å². The van der Waals surface area contributed by atoms with Crippen molar-refractivity contribution in [3.05, 3.63) is 157 Å². The van der Waals surface area contributed by atoms with Gasteiger partial charge in [0.05, 0.1) is 22.1 Å². The first kappa shape index (κ1) is 28.8. The molecule has 2 aromatic heterocycles. The van der Waals surface area contributed by atoms with E-state index in [0.717, 1.165) is 33.4 Å². The van der Waals surface area contributed by atoms with Crippen molar-refractivity contribution in [2.45, 2.75) is 0 Å². The molecule has 0 atom stereocenters. The summed E-state index contributed by atoms with van der Waals surface area (Å²) in [4.78, 5) is 9.56. The minimum absolute atomic E-state index is 1.03. The molecule has 0 spiro atoms. The number of pyridine rings is 2. The van der Waals surface area contributed by atoms with Crippen molar-refractivity contribution in [2.24, 2.45) is 0 Å². The van der Waals surface area contributed by atoms with Crippen LogP contribution < -0.4 is 10.6 Å². The predicted molar refractivity (Wildman–Crippen MR) is 198 cm³/mol. The number of aromatic nitrogens is 2. The van der Waals surface area contributed by atoms with Crippen LogP contribution in [-0.2, 0) is 0 Å². The molecule has 0 saturated heterocycles. The number of para-hydroxylation sites is 4. The van der Waals surface area contributed by atoms with Crippen LogP contribution in [0.15, 0.2) is 146 Å². The third-order valence-corrected chi connectivity index (χ3v) is 8.32. The average Bonchev–Trinajstić information content (AvgIpc) is 3.13. The van der Waals surface area contributed by atoms with Crippen molar-refractivity contribution in [1.82, 2.24) is 9.97 Å². The largest absolute Gasteiger partial charge is 0.388 e. The minimum atomic E-state index is 1.03. The van der Waals surface area contributed by atoms with E-state index in [-0.39, 0.29) is 0 Å². The van der Waals surface area contributed by atoms with Crippen LogP contribution in [0.25, 0.3) is 66.9 Å². The van der Waals surface area contributed by atoms with Gasteiger partial charge in [0.1, 0.15) is 0 Å². The van der Waals surface area contributed by atoms with Crippen molar-refractivity contribution in [3.8, 4) is 11.1 Å². The topological polar surface area (TPSA) is 49.8 Å². The second-order valence-electron chi connectivity index (χ2n) is 11.1. The molecule has 0 radical (unpaired) electrons. The van der Waals surface area contributed by atoms with Gasteiger partial charge in [-0.05, 0) is 65.2 Å². The van der Waals surface area contributed by atoms with Crippen LogP contribution in [-0.4, -0.2) is 24.1 Å². The molecule has 4 nitrogen and oxygen atoms in total. The summed E-state index contributed by atoms with van der Waals surface area (Å²) in [6.45, 7) is 0. The third-order valence-electron chi connectivity index (χ3n) is 8.32. The number of anilines is 2. The molecule has 0 saturated carbocycles. The lowest BCUT2D eigenvalue weighted by molar-refractivity contribution is 1.49. The highest BCUT2D eigenvalue weighted by molar-refractivity contribution is 6.09. The Morgan fingerprint density at radius 3 is 1.26 bits per heavy atom. The lowest BCUT2D eigenvalue weighted by Crippen LogP contribution is -1.90. The highest BCUT2D eigenvalue weighted by atomic mass is 14.8. The van der Waals surface area contributed by atoms with E-state index in [0.29, 0.717) is 0 Å². The van der Waals surface area contributed by atoms with Gasteiger partial charge in [0.15, 0.2) is 0 Å². The first-order valence-corrected chi connectivity index (χ1v) is 15.5. The minimum Gasteiger partial charge on any atom is -0.388 e. The molecule has 0 amide bonds. The molecule has 4 heteroatoms. The van der Waals surface area contributed by atoms with E-state index in [1.54, 1.807) is 0 Å². The van der Waals surface area contributed by atoms with Gasteiger partial charge in [0, 0.05) is 52.6 Å². The molecule has 0 aliphatic rings. The molecule has 6 aromatic carbocycles. The fourth-order valence-corrected chi connectivity index (χ4v) is 5.95. The Balaban J connectivity index is 0.000000147. The van der Waals surface area contributed by atoms with Gasteiger partial charge in [0.25, 0.3) is 0 Å². The van der Waals surface area contributed by atoms with E-state index < -0.39 is 0 Å². The molecule has 222 valence electrons. The maximum absolute atomic E-state index is 4.79. The molecule has 2 heterocycles. The molecule has 8 aromatic rings. The molecule has 8 rings (SSSR count). The summed E-state index contributed by atoms with van der Waals surface area (Å²) < 4.78 is 0. The Morgan fingerprint density at radius 2 is 0.804 bits per heavy atom. The van der Waals surface area contributed by atoms with Crippen LogP contribution in [0.2, 0.25) is 0 Å². The average molecular weight is 595 g/mol. The number of fused-ring (bicyclic) bond motifs is 4. The number of rotatable bonds is 5. The molecular formula is C42H34N4. The fourth-order valence-electron chi connectivity index (χ4n) is 5.95. The lowest BCUT2D eigenvalue weighted by Gasteiger charge is -2.11. The second-order valence-corrected chi connectivity index (χ2v) is 11.1. The van der Waals surface area contributed by atoms with Gasteiger partial charge in [-0.15, -0.1) is 0 Å². The summed E-state index contributed by atoms with van der Waals surface area (Å²) in [6, 6.07) is 50.3. The van der Waals surface area contributed by atoms with E-state index >= 15 is 0 Å². The number of hydrogen-bond acceptors (Lipinski definition) is 4. The van der Waals surface area contributed by atoms with Gasteiger partial charge in [-0.3, -0.25) is 0 Å². The predicted octanol–water partition coefficient (Wildman–Crippen LogP) is 10.7. The Kier molecular flexibility index (Phi) is 8.08. The summed E-state index contributed by atoms with van der Waals surface area (Å²) >= 11 is 0. The van der Waals surface area contributed by atoms with E-state index in [1.165, 1.54) is 43.8 Å². The van der Waals surface area contributed by atoms with Crippen LogP contribution in [0.5, 0.6) is 0 Å². The zero-order valence-corrected chi connectivity index (χ0v) is 25.9. The Morgan fingerprint density at radius 1 is 0.413 bits per heavy atom. The molecule has 46 heavy (non-hydrogen) atoms. The van der Waals surface area contributed by atoms with E-state index in [1.807, 2.05) is 38.4 Å². The first-order valence-electron chi connectivity index (χ1n) is 15.5. The standard InChI is InChI=1S/C22H18N2.C20H16N2/c1-23-17-13-10-16(11-14-17)12-15-18-19-6-2-4-8-21(19)24-22-9-5-3-7-20(18)22;1-21-15-12-10-14(11-13-15)20-16-6-2-4-8-18(16)22-19-9-5-3-7-17(19)20/h2-15,23H,1H3;2-13,21H,1H3/b15-12+;. The van der Waals surface area contributed by atoms with Crippen LogP contribution in [0, 0.1) is 0 Å². The molecule has 0 unspecified atom stereocenters. The van der Waals surface area contributed by atoms with Crippen LogP contribution >= 0.6 is 0 Å². The fraction of sp³-hybridized carbons (Fsp3) is 0.0476. The van der Waals surface area contributed by atoms with Gasteiger partial charge < -0.3 is 10.6 Å². The maximum atomic E-state index is 4.79. The summed E-state index contributed by atoms with van der Waals surface area (Å²) in [5.41, 5.74) is 11.2. The maximum Gasteiger partial charge on any atom is 0.0715 e. The number of benzene rings is 6. The Bertz CT molecular complexity index is 2210. The molecule has 0 aliphatic heterocycles. The quantitative estimate of drug-likeness (QED) is 0.195. The van der Waals surface area contributed by atoms with Crippen LogP contribution in [0.4, 0.5) is 11.4 Å². The van der Waals surface area contributed by atoms with Gasteiger partial charge in [0.2, 0.25) is 0 Å². The van der Waals surface area contributed by atoms with Crippen molar-refractivity contribution in [2.75, 3.05) is 24.7 Å². The van der Waals surface area contributed by atoms with Crippen LogP contribution in [0.3, 0.4) is 0 Å². The molecule has 0 fully saturated rings. The van der Waals surface area contributed by atoms with Crippen molar-refractivity contribution >= 4 is 67.1 Å². The summed E-state index contributed by atoms with van der Waals surface area (Å²) in [5, 5.41) is 11.1. The first-order chi connectivity index (χ1) is 22.7. The number of hydrogen-bond donors (Lipinski definition) is 2. The van der Waals surface area contributed by atoms with Gasteiger partial charge in [-0.2, -0.15) is 0 Å². The summed E-state index contributed by atoms with van der Waals surface area (Å²) in [6.07, 6.45) is 4.36. The molecule has 0 aliphatic carbocycles. The van der Waals surface area contributed by atoms with Gasteiger partial charge in [-0.25, -0.2) is 9.97 Å². The molecule has 0 bridgehead atoms. The number of nitrogens with zero attached hydrogens (tertiary/aromatic N) is 2. The number of nitrogens with one attached hydrogen (secondary N) is 2.